The zero-order valence-corrected chi connectivity index (χ0v) is 19.8. The quantitative estimate of drug-likeness (QED) is 0.548. The van der Waals surface area contributed by atoms with Crippen LogP contribution in [-0.4, -0.2) is 40.9 Å². The highest BCUT2D eigenvalue weighted by atomic mass is 16.7. The van der Waals surface area contributed by atoms with Gasteiger partial charge in [-0.15, -0.1) is 0 Å². The Kier molecular flexibility index (Phi) is 4.64. The third kappa shape index (κ3) is 2.74. The summed E-state index contributed by atoms with van der Waals surface area (Å²) in [5.74, 6) is 2.59. The molecule has 0 bridgehead atoms. The van der Waals surface area contributed by atoms with Gasteiger partial charge < -0.3 is 19.7 Å². The Labute approximate surface area is 187 Å². The normalized spacial score (nSPS) is 60.7. The number of hydrogen-bond donors (Lipinski definition) is 2. The van der Waals surface area contributed by atoms with Crippen molar-refractivity contribution in [1.29, 1.82) is 0 Å². The van der Waals surface area contributed by atoms with Gasteiger partial charge >= 0.3 is 0 Å². The molecule has 2 aliphatic heterocycles. The second-order valence-corrected chi connectivity index (χ2v) is 12.8. The molecule has 4 nitrogen and oxygen atoms in total. The second-order valence-electron chi connectivity index (χ2n) is 12.8. The maximum Gasteiger partial charge on any atom is 0.171 e. The molecule has 3 saturated carbocycles. The predicted molar refractivity (Wildman–Crippen MR) is 119 cm³/mol. The zero-order valence-electron chi connectivity index (χ0n) is 19.8. The van der Waals surface area contributed by atoms with Gasteiger partial charge in [0.05, 0.1) is 24.9 Å². The van der Waals surface area contributed by atoms with Crippen molar-refractivity contribution in [3.05, 3.63) is 11.6 Å². The number of aliphatic hydroxyl groups excluding tert-OH is 2. The van der Waals surface area contributed by atoms with E-state index in [1.807, 2.05) is 0 Å². The molecule has 0 aromatic heterocycles. The standard InChI is InChI=1S/C27H42O4/c1-15-5-10-27(30-14-15)16(2)24-22(31-27)13-20-23-19(7-9-26(20,24)4)25(3)8-6-18(28)11-17(25)12-21(23)29/h12,15-16,18-24,28-29H,5-11,13-14H2,1-4H3. The molecule has 12 unspecified atom stereocenters. The molecule has 5 fully saturated rings. The van der Waals surface area contributed by atoms with E-state index in [9.17, 15) is 10.2 Å². The largest absolute Gasteiger partial charge is 0.393 e. The summed E-state index contributed by atoms with van der Waals surface area (Å²) in [6.45, 7) is 10.4. The number of ether oxygens (including phenoxy) is 2. The summed E-state index contributed by atoms with van der Waals surface area (Å²) in [6.07, 6.45) is 10.3. The van der Waals surface area contributed by atoms with Crippen LogP contribution in [0.25, 0.3) is 0 Å². The van der Waals surface area contributed by atoms with Gasteiger partial charge in [0.1, 0.15) is 0 Å². The summed E-state index contributed by atoms with van der Waals surface area (Å²) in [4.78, 5) is 0. The lowest BCUT2D eigenvalue weighted by Crippen LogP contribution is -2.55. The Balaban J connectivity index is 1.31. The molecule has 1 spiro atoms. The minimum Gasteiger partial charge on any atom is -0.393 e. The lowest BCUT2D eigenvalue weighted by molar-refractivity contribution is -0.273. The van der Waals surface area contributed by atoms with Gasteiger partial charge in [-0.2, -0.15) is 0 Å². The van der Waals surface area contributed by atoms with E-state index in [-0.39, 0.29) is 34.9 Å². The molecule has 31 heavy (non-hydrogen) atoms. The SMILES string of the molecule is CC1CCC2(OC1)OC1CC3C4C(O)C=C5CC(O)CCC5(C)C4CCC3(C)C1C2C. The number of rotatable bonds is 0. The minimum absolute atomic E-state index is 0.151. The highest BCUT2D eigenvalue weighted by Crippen LogP contribution is 2.70. The first-order chi connectivity index (χ1) is 14.7. The van der Waals surface area contributed by atoms with Gasteiger partial charge in [-0.25, -0.2) is 0 Å². The minimum atomic E-state index is -0.377. The van der Waals surface area contributed by atoms with Crippen molar-refractivity contribution in [3.63, 3.8) is 0 Å². The fraction of sp³-hybridized carbons (Fsp3) is 0.926. The summed E-state index contributed by atoms with van der Waals surface area (Å²) in [5.41, 5.74) is 1.70. The van der Waals surface area contributed by atoms with Crippen molar-refractivity contribution < 1.29 is 19.7 Å². The van der Waals surface area contributed by atoms with Gasteiger partial charge in [0.25, 0.3) is 0 Å². The molecule has 174 valence electrons. The number of hydrogen-bond acceptors (Lipinski definition) is 4. The topological polar surface area (TPSA) is 58.9 Å². The lowest BCUT2D eigenvalue weighted by atomic mass is 9.46. The Bertz CT molecular complexity index is 769. The predicted octanol–water partition coefficient (Wildman–Crippen LogP) is 4.68. The van der Waals surface area contributed by atoms with Gasteiger partial charge in [-0.05, 0) is 85.4 Å². The van der Waals surface area contributed by atoms with Crippen molar-refractivity contribution in [1.82, 2.24) is 0 Å². The molecule has 0 amide bonds. The summed E-state index contributed by atoms with van der Waals surface area (Å²) in [6, 6.07) is 0. The molecule has 2 N–H and O–H groups in total. The van der Waals surface area contributed by atoms with Gasteiger partial charge in [0, 0.05) is 12.3 Å². The van der Waals surface area contributed by atoms with Gasteiger partial charge in [-0.3, -0.25) is 0 Å². The first-order valence-electron chi connectivity index (χ1n) is 13.1. The van der Waals surface area contributed by atoms with E-state index in [4.69, 9.17) is 9.47 Å². The molecule has 0 aromatic carbocycles. The van der Waals surface area contributed by atoms with Crippen molar-refractivity contribution >= 4 is 0 Å². The molecular weight excluding hydrogens is 388 g/mol. The average Bonchev–Trinajstić information content (AvgIpc) is 3.16. The fourth-order valence-electron chi connectivity index (χ4n) is 9.65. The maximum absolute atomic E-state index is 11.4. The van der Waals surface area contributed by atoms with E-state index >= 15 is 0 Å². The van der Waals surface area contributed by atoms with E-state index < -0.39 is 0 Å². The van der Waals surface area contributed by atoms with Gasteiger partial charge in [-0.1, -0.05) is 39.3 Å². The Morgan fingerprint density at radius 1 is 1.00 bits per heavy atom. The summed E-state index contributed by atoms with van der Waals surface area (Å²) in [5, 5.41) is 21.6. The molecule has 4 aliphatic carbocycles. The first kappa shape index (κ1) is 21.1. The zero-order chi connectivity index (χ0) is 21.8. The molecular formula is C27H42O4. The Morgan fingerprint density at radius 2 is 1.81 bits per heavy atom. The van der Waals surface area contributed by atoms with Crippen LogP contribution in [0, 0.1) is 46.3 Å². The van der Waals surface area contributed by atoms with Crippen LogP contribution in [0.1, 0.15) is 79.1 Å². The van der Waals surface area contributed by atoms with E-state index in [2.05, 4.69) is 33.8 Å². The van der Waals surface area contributed by atoms with Crippen LogP contribution in [-0.2, 0) is 9.47 Å². The van der Waals surface area contributed by atoms with Gasteiger partial charge in [0.2, 0.25) is 0 Å². The fourth-order valence-corrected chi connectivity index (χ4v) is 9.65. The molecule has 2 heterocycles. The van der Waals surface area contributed by atoms with E-state index in [1.54, 1.807) is 0 Å². The molecule has 12 atom stereocenters. The monoisotopic (exact) mass is 430 g/mol. The third-order valence-corrected chi connectivity index (χ3v) is 11.4. The van der Waals surface area contributed by atoms with Crippen molar-refractivity contribution in [2.24, 2.45) is 46.3 Å². The van der Waals surface area contributed by atoms with Gasteiger partial charge in [0.15, 0.2) is 5.79 Å². The summed E-state index contributed by atoms with van der Waals surface area (Å²) in [7, 11) is 0. The molecule has 4 heteroatoms. The number of aliphatic hydroxyl groups is 2. The third-order valence-electron chi connectivity index (χ3n) is 11.4. The van der Waals surface area contributed by atoms with Crippen LogP contribution in [0.4, 0.5) is 0 Å². The molecule has 6 rings (SSSR count). The molecule has 0 radical (unpaired) electrons. The van der Waals surface area contributed by atoms with Crippen LogP contribution in [0.2, 0.25) is 0 Å². The van der Waals surface area contributed by atoms with Crippen LogP contribution >= 0.6 is 0 Å². The molecule has 0 aromatic rings. The smallest absolute Gasteiger partial charge is 0.171 e. The first-order valence-corrected chi connectivity index (χ1v) is 13.1. The molecule has 6 aliphatic rings. The van der Waals surface area contributed by atoms with Crippen molar-refractivity contribution in [2.45, 2.75) is 103 Å². The second kappa shape index (κ2) is 6.81. The van der Waals surface area contributed by atoms with Crippen LogP contribution in [0.5, 0.6) is 0 Å². The summed E-state index contributed by atoms with van der Waals surface area (Å²) < 4.78 is 13.3. The highest BCUT2D eigenvalue weighted by Gasteiger charge is 2.69. The Morgan fingerprint density at radius 3 is 2.55 bits per heavy atom. The maximum atomic E-state index is 11.4. The van der Waals surface area contributed by atoms with Crippen LogP contribution < -0.4 is 0 Å². The molecule has 2 saturated heterocycles. The van der Waals surface area contributed by atoms with E-state index in [0.29, 0.717) is 35.5 Å². The van der Waals surface area contributed by atoms with Crippen LogP contribution in [0.15, 0.2) is 11.6 Å². The van der Waals surface area contributed by atoms with Crippen molar-refractivity contribution in [2.75, 3.05) is 6.61 Å². The van der Waals surface area contributed by atoms with E-state index in [1.165, 1.54) is 24.8 Å². The average molecular weight is 431 g/mol. The Hall–Kier alpha value is -0.420. The van der Waals surface area contributed by atoms with Crippen molar-refractivity contribution in [3.8, 4) is 0 Å². The summed E-state index contributed by atoms with van der Waals surface area (Å²) >= 11 is 0. The number of fused-ring (bicyclic) bond motifs is 7. The van der Waals surface area contributed by atoms with Crippen LogP contribution in [0.3, 0.4) is 0 Å². The van der Waals surface area contributed by atoms with E-state index in [0.717, 1.165) is 38.7 Å². The highest BCUT2D eigenvalue weighted by molar-refractivity contribution is 5.28. The lowest BCUT2D eigenvalue weighted by Gasteiger charge is -2.59.